The molecular weight excluding hydrogens is 489 g/mol. The normalized spacial score (nSPS) is 24.4. The summed E-state index contributed by atoms with van der Waals surface area (Å²) in [5, 5.41) is 0.445. The van der Waals surface area contributed by atoms with E-state index in [0.29, 0.717) is 10.6 Å². The lowest BCUT2D eigenvalue weighted by atomic mass is 9.77. The first kappa shape index (κ1) is 22.2. The van der Waals surface area contributed by atoms with Crippen LogP contribution in [0.25, 0.3) is 0 Å². The van der Waals surface area contributed by atoms with Gasteiger partial charge < -0.3 is 4.74 Å². The zero-order chi connectivity index (χ0) is 24.6. The lowest BCUT2D eigenvalue weighted by molar-refractivity contribution is -0.127. The quantitative estimate of drug-likeness (QED) is 0.361. The molecule has 3 aromatic rings. The number of Topliss-reactive ketones (excluding diaryl/α,β-unsaturated/α-hetero) is 2. The summed E-state index contributed by atoms with van der Waals surface area (Å²) >= 11 is 12.4. The second-order valence-electron chi connectivity index (χ2n) is 9.00. The fourth-order valence-electron chi connectivity index (χ4n) is 5.47. The molecule has 0 radical (unpaired) electrons. The summed E-state index contributed by atoms with van der Waals surface area (Å²) in [7, 11) is 0. The third-order valence-corrected chi connectivity index (χ3v) is 7.61. The van der Waals surface area contributed by atoms with Crippen LogP contribution in [0, 0.1) is 18.8 Å². The zero-order valence-corrected chi connectivity index (χ0v) is 19.8. The fourth-order valence-corrected chi connectivity index (χ4v) is 5.97. The molecule has 35 heavy (non-hydrogen) atoms. The Labute approximate surface area is 210 Å². The number of nitrogens with zero attached hydrogens (tertiary/aromatic N) is 1. The number of ether oxygens (including phenoxy) is 1. The van der Waals surface area contributed by atoms with Gasteiger partial charge in [0.15, 0.2) is 0 Å². The number of anilines is 1. The third kappa shape index (κ3) is 2.88. The largest absolute Gasteiger partial charge is 0.349 e. The summed E-state index contributed by atoms with van der Waals surface area (Å²) in [6.07, 6.45) is -0.977. The molecule has 2 heterocycles. The number of amides is 2. The molecule has 1 spiro atoms. The van der Waals surface area contributed by atoms with E-state index in [1.165, 1.54) is 30.3 Å². The van der Waals surface area contributed by atoms with E-state index in [-0.39, 0.29) is 21.8 Å². The molecule has 3 aliphatic rings. The molecule has 0 aromatic heterocycles. The smallest absolute Gasteiger partial charge is 0.241 e. The number of fused-ring (bicyclic) bond motifs is 3. The fraction of sp³-hybridized carbons (Fsp3) is 0.185. The molecule has 6 nitrogen and oxygen atoms in total. The Kier molecular flexibility index (Phi) is 4.81. The maximum Gasteiger partial charge on any atom is 0.241 e. The Morgan fingerprint density at radius 2 is 1.46 bits per heavy atom. The highest BCUT2D eigenvalue weighted by atomic mass is 35.5. The molecule has 1 aliphatic carbocycles. The maximum atomic E-state index is 13.9. The summed E-state index contributed by atoms with van der Waals surface area (Å²) in [6.45, 7) is 1.92. The van der Waals surface area contributed by atoms with E-state index < -0.39 is 46.9 Å². The number of halogens is 2. The first-order chi connectivity index (χ1) is 16.8. The third-order valence-electron chi connectivity index (χ3n) is 7.08. The number of imide groups is 1. The van der Waals surface area contributed by atoms with Crippen molar-refractivity contribution in [3.8, 4) is 0 Å². The molecule has 8 heteroatoms. The Morgan fingerprint density at radius 1 is 0.829 bits per heavy atom. The second kappa shape index (κ2) is 7.59. The Bertz CT molecular complexity index is 1430. The van der Waals surface area contributed by atoms with Gasteiger partial charge in [-0.3, -0.25) is 19.2 Å². The number of benzene rings is 3. The average Bonchev–Trinajstić information content (AvgIpc) is 3.40. The van der Waals surface area contributed by atoms with E-state index in [1.54, 1.807) is 24.3 Å². The predicted octanol–water partition coefficient (Wildman–Crippen LogP) is 5.00. The monoisotopic (exact) mass is 505 g/mol. The van der Waals surface area contributed by atoms with Crippen LogP contribution in [0.3, 0.4) is 0 Å². The van der Waals surface area contributed by atoms with Gasteiger partial charge in [0.2, 0.25) is 29.0 Å². The van der Waals surface area contributed by atoms with Crippen molar-refractivity contribution in [2.75, 3.05) is 4.90 Å². The van der Waals surface area contributed by atoms with E-state index >= 15 is 0 Å². The van der Waals surface area contributed by atoms with E-state index in [1.807, 2.05) is 19.1 Å². The number of rotatable bonds is 2. The highest BCUT2D eigenvalue weighted by molar-refractivity contribution is 6.40. The molecule has 6 rings (SSSR count). The summed E-state index contributed by atoms with van der Waals surface area (Å²) < 4.78 is 6.26. The lowest BCUT2D eigenvalue weighted by Gasteiger charge is -2.27. The molecule has 0 N–H and O–H groups in total. The number of aryl methyl sites for hydroxylation is 1. The van der Waals surface area contributed by atoms with Gasteiger partial charge in [-0.25, -0.2) is 4.90 Å². The average molecular weight is 506 g/mol. The van der Waals surface area contributed by atoms with Crippen molar-refractivity contribution >= 4 is 52.3 Å². The van der Waals surface area contributed by atoms with E-state index in [9.17, 15) is 19.2 Å². The van der Waals surface area contributed by atoms with Crippen molar-refractivity contribution < 1.29 is 23.9 Å². The Morgan fingerprint density at radius 3 is 2.06 bits per heavy atom. The molecule has 3 aromatic carbocycles. The minimum atomic E-state index is -2.12. The van der Waals surface area contributed by atoms with Crippen molar-refractivity contribution in [1.29, 1.82) is 0 Å². The van der Waals surface area contributed by atoms with Gasteiger partial charge in [-0.1, -0.05) is 77.3 Å². The highest BCUT2D eigenvalue weighted by Crippen LogP contribution is 2.58. The first-order valence-electron chi connectivity index (χ1n) is 11.0. The van der Waals surface area contributed by atoms with Crippen LogP contribution in [0.5, 0.6) is 0 Å². The molecular formula is C27H17Cl2NO5. The maximum absolute atomic E-state index is 13.9. The van der Waals surface area contributed by atoms with Gasteiger partial charge in [0.05, 0.1) is 28.6 Å². The van der Waals surface area contributed by atoms with Crippen molar-refractivity contribution in [2.45, 2.75) is 18.6 Å². The molecule has 0 unspecified atom stereocenters. The number of carbonyl (C=O) groups is 4. The summed E-state index contributed by atoms with van der Waals surface area (Å²) in [6, 6.07) is 18.0. The first-order valence-corrected chi connectivity index (χ1v) is 11.8. The Balaban J connectivity index is 1.55. The Hall–Kier alpha value is -3.32. The van der Waals surface area contributed by atoms with E-state index in [0.717, 1.165) is 10.5 Å². The molecule has 2 fully saturated rings. The van der Waals surface area contributed by atoms with Gasteiger partial charge in [-0.05, 0) is 30.7 Å². The van der Waals surface area contributed by atoms with Crippen LogP contribution in [-0.2, 0) is 14.3 Å². The zero-order valence-electron chi connectivity index (χ0n) is 18.3. The van der Waals surface area contributed by atoms with Crippen molar-refractivity contribution in [3.05, 3.63) is 99.0 Å². The summed E-state index contributed by atoms with van der Waals surface area (Å²) in [5.41, 5.74) is -0.0163. The molecule has 174 valence electrons. The minimum Gasteiger partial charge on any atom is -0.349 e. The van der Waals surface area contributed by atoms with E-state index in [2.05, 4.69) is 0 Å². The molecule has 0 saturated carbocycles. The molecule has 3 atom stereocenters. The minimum absolute atomic E-state index is 0.105. The molecule has 0 bridgehead atoms. The van der Waals surface area contributed by atoms with Gasteiger partial charge in [-0.2, -0.15) is 0 Å². The van der Waals surface area contributed by atoms with Crippen molar-refractivity contribution in [1.82, 2.24) is 0 Å². The van der Waals surface area contributed by atoms with Crippen LogP contribution in [-0.4, -0.2) is 29.0 Å². The van der Waals surface area contributed by atoms with Crippen LogP contribution in [0.1, 0.15) is 37.9 Å². The van der Waals surface area contributed by atoms with Gasteiger partial charge in [0.1, 0.15) is 0 Å². The topological polar surface area (TPSA) is 80.8 Å². The van der Waals surface area contributed by atoms with Gasteiger partial charge in [-0.15, -0.1) is 0 Å². The van der Waals surface area contributed by atoms with Crippen LogP contribution >= 0.6 is 23.2 Å². The standard InChI is InChI=1S/C27H17Cl2NO5/c1-13-6-8-14(9-7-13)22-20-21(26(34)30(25(20)33)19-11-10-15(28)12-18(19)29)27(35-22)23(31)16-4-2-3-5-17(16)24(27)32/h2-12,20-22H,1H3/t20-,21+,22+/m0/s1. The van der Waals surface area contributed by atoms with Gasteiger partial charge >= 0.3 is 0 Å². The predicted molar refractivity (Wildman–Crippen MR) is 129 cm³/mol. The van der Waals surface area contributed by atoms with Crippen LogP contribution in [0.15, 0.2) is 66.7 Å². The SMILES string of the molecule is Cc1ccc([C@H]2OC3(C(=O)c4ccccc4C3=O)[C@H]3C(=O)N(c4ccc(Cl)cc4Cl)C(=O)[C@H]23)cc1. The highest BCUT2D eigenvalue weighted by Gasteiger charge is 2.74. The number of carbonyl (C=O) groups excluding carboxylic acids is 4. The summed E-state index contributed by atoms with van der Waals surface area (Å²) in [4.78, 5) is 56.2. The van der Waals surface area contributed by atoms with Crippen molar-refractivity contribution in [2.24, 2.45) is 11.8 Å². The second-order valence-corrected chi connectivity index (χ2v) is 9.84. The van der Waals surface area contributed by atoms with Crippen molar-refractivity contribution in [3.63, 3.8) is 0 Å². The molecule has 2 aliphatic heterocycles. The van der Waals surface area contributed by atoms with Gasteiger partial charge in [0, 0.05) is 16.1 Å². The number of ketones is 2. The summed E-state index contributed by atoms with van der Waals surface area (Å²) in [5.74, 6) is -4.91. The molecule has 2 saturated heterocycles. The molecule has 2 amide bonds. The van der Waals surface area contributed by atoms with Crippen LogP contribution in [0.4, 0.5) is 5.69 Å². The van der Waals surface area contributed by atoms with E-state index in [4.69, 9.17) is 27.9 Å². The lowest BCUT2D eigenvalue weighted by Crippen LogP contribution is -2.51. The van der Waals surface area contributed by atoms with Crippen LogP contribution in [0.2, 0.25) is 10.0 Å². The van der Waals surface area contributed by atoms with Gasteiger partial charge in [0.25, 0.3) is 0 Å². The number of hydrogen-bond donors (Lipinski definition) is 0. The van der Waals surface area contributed by atoms with Crippen LogP contribution < -0.4 is 4.90 Å². The number of hydrogen-bond acceptors (Lipinski definition) is 5.